The fourth-order valence-electron chi connectivity index (χ4n) is 1.76. The van der Waals surface area contributed by atoms with Gasteiger partial charge in [-0.15, -0.1) is 0 Å². The molecule has 0 spiro atoms. The summed E-state index contributed by atoms with van der Waals surface area (Å²) in [5.41, 5.74) is 5.23. The average Bonchev–Trinajstić information content (AvgIpc) is 2.41. The maximum absolute atomic E-state index is 11.5. The van der Waals surface area contributed by atoms with Crippen molar-refractivity contribution in [3.8, 4) is 0 Å². The highest BCUT2D eigenvalue weighted by atomic mass is 16.3. The second kappa shape index (κ2) is 3.08. The fourth-order valence-corrected chi connectivity index (χ4v) is 1.76. The molecule has 74 valence electrons. The smallest absolute Gasteiger partial charge is 0.261 e. The number of nitrogens with one attached hydrogen (secondary N) is 1. The average molecular weight is 192 g/mol. The lowest BCUT2D eigenvalue weighted by atomic mass is 9.92. The Morgan fingerprint density at radius 3 is 2.86 bits per heavy atom. The summed E-state index contributed by atoms with van der Waals surface area (Å²) in [5, 5.41) is 12.7. The van der Waals surface area contributed by atoms with Crippen molar-refractivity contribution in [2.24, 2.45) is 5.73 Å². The van der Waals surface area contributed by atoms with Crippen LogP contribution >= 0.6 is 0 Å². The molecule has 2 rings (SSSR count). The van der Waals surface area contributed by atoms with Crippen LogP contribution in [0.15, 0.2) is 24.3 Å². The first-order chi connectivity index (χ1) is 6.68. The lowest BCUT2D eigenvalue weighted by molar-refractivity contribution is -0.134. The van der Waals surface area contributed by atoms with Gasteiger partial charge in [-0.25, -0.2) is 0 Å². The number of fused-ring (bicyclic) bond motifs is 1. The maximum atomic E-state index is 11.5. The van der Waals surface area contributed by atoms with Crippen LogP contribution in [0.3, 0.4) is 0 Å². The van der Waals surface area contributed by atoms with E-state index in [1.807, 2.05) is 6.07 Å². The molecule has 0 aliphatic carbocycles. The molecule has 0 radical (unpaired) electrons. The summed E-state index contributed by atoms with van der Waals surface area (Å²) in [4.78, 5) is 11.5. The highest BCUT2D eigenvalue weighted by Gasteiger charge is 2.43. The van der Waals surface area contributed by atoms with Crippen molar-refractivity contribution in [1.29, 1.82) is 0 Å². The molecule has 0 saturated carbocycles. The zero-order valence-corrected chi connectivity index (χ0v) is 7.66. The summed E-state index contributed by atoms with van der Waals surface area (Å²) < 4.78 is 0. The van der Waals surface area contributed by atoms with E-state index in [9.17, 15) is 9.90 Å². The molecule has 1 aliphatic rings. The molecular formula is C10H12N2O2. The normalized spacial score (nSPS) is 24.6. The SMILES string of the molecule is NCCC1(O)C(=O)Nc2ccccc21. The summed E-state index contributed by atoms with van der Waals surface area (Å²) in [6, 6.07) is 7.11. The van der Waals surface area contributed by atoms with Crippen molar-refractivity contribution in [2.75, 3.05) is 11.9 Å². The van der Waals surface area contributed by atoms with E-state index in [4.69, 9.17) is 5.73 Å². The van der Waals surface area contributed by atoms with Crippen LogP contribution in [-0.4, -0.2) is 17.6 Å². The number of amides is 1. The van der Waals surface area contributed by atoms with Gasteiger partial charge >= 0.3 is 0 Å². The minimum atomic E-state index is -1.44. The van der Waals surface area contributed by atoms with E-state index >= 15 is 0 Å². The van der Waals surface area contributed by atoms with Gasteiger partial charge in [-0.2, -0.15) is 0 Å². The van der Waals surface area contributed by atoms with Gasteiger partial charge in [0.25, 0.3) is 5.91 Å². The molecular weight excluding hydrogens is 180 g/mol. The van der Waals surface area contributed by atoms with Gasteiger partial charge < -0.3 is 16.2 Å². The molecule has 1 amide bonds. The van der Waals surface area contributed by atoms with Crippen LogP contribution in [0.2, 0.25) is 0 Å². The summed E-state index contributed by atoms with van der Waals surface area (Å²) >= 11 is 0. The Bertz CT molecular complexity index is 378. The standard InChI is InChI=1S/C10H12N2O2/c11-6-5-10(14)7-3-1-2-4-8(7)12-9(10)13/h1-4,14H,5-6,11H2,(H,12,13). The highest BCUT2D eigenvalue weighted by Crippen LogP contribution is 2.37. The van der Waals surface area contributed by atoms with Gasteiger partial charge in [-0.3, -0.25) is 4.79 Å². The number of anilines is 1. The number of carbonyl (C=O) groups is 1. The zero-order chi connectivity index (χ0) is 10.2. The lowest BCUT2D eigenvalue weighted by Crippen LogP contribution is -2.36. The van der Waals surface area contributed by atoms with Crippen molar-refractivity contribution in [3.63, 3.8) is 0 Å². The Labute approximate surface area is 81.7 Å². The summed E-state index contributed by atoms with van der Waals surface area (Å²) in [6.45, 7) is 0.276. The second-order valence-corrected chi connectivity index (χ2v) is 3.40. The molecule has 4 N–H and O–H groups in total. The minimum absolute atomic E-state index is 0.246. The van der Waals surface area contributed by atoms with Gasteiger partial charge in [0, 0.05) is 17.7 Å². The minimum Gasteiger partial charge on any atom is -0.375 e. The Kier molecular flexibility index (Phi) is 2.02. The van der Waals surface area contributed by atoms with Gasteiger partial charge in [0.15, 0.2) is 5.60 Å². The van der Waals surface area contributed by atoms with Crippen LogP contribution in [0.1, 0.15) is 12.0 Å². The molecule has 1 aromatic rings. The molecule has 0 saturated heterocycles. The second-order valence-electron chi connectivity index (χ2n) is 3.40. The first-order valence-corrected chi connectivity index (χ1v) is 4.52. The fraction of sp³-hybridized carbons (Fsp3) is 0.300. The molecule has 4 nitrogen and oxygen atoms in total. The number of hydrogen-bond donors (Lipinski definition) is 3. The number of rotatable bonds is 2. The topological polar surface area (TPSA) is 75.3 Å². The summed E-state index contributed by atoms with van der Waals surface area (Å²) in [7, 11) is 0. The predicted octanol–water partition coefficient (Wildman–Crippen LogP) is 0.175. The van der Waals surface area contributed by atoms with Crippen LogP contribution in [0.5, 0.6) is 0 Å². The monoisotopic (exact) mass is 192 g/mol. The highest BCUT2D eigenvalue weighted by molar-refractivity contribution is 6.04. The van der Waals surface area contributed by atoms with Gasteiger partial charge in [-0.05, 0) is 12.6 Å². The molecule has 0 fully saturated rings. The molecule has 1 unspecified atom stereocenters. The Morgan fingerprint density at radius 2 is 2.14 bits per heavy atom. The largest absolute Gasteiger partial charge is 0.375 e. The van der Waals surface area contributed by atoms with Crippen LogP contribution in [0, 0.1) is 0 Å². The van der Waals surface area contributed by atoms with Crippen molar-refractivity contribution in [1.82, 2.24) is 0 Å². The van der Waals surface area contributed by atoms with E-state index in [0.717, 1.165) is 0 Å². The first kappa shape index (κ1) is 9.18. The number of carbonyl (C=O) groups excluding carboxylic acids is 1. The Morgan fingerprint density at radius 1 is 1.43 bits per heavy atom. The van der Waals surface area contributed by atoms with Crippen LogP contribution in [-0.2, 0) is 10.4 Å². The third kappa shape index (κ3) is 1.12. The van der Waals surface area contributed by atoms with Crippen molar-refractivity contribution in [3.05, 3.63) is 29.8 Å². The van der Waals surface area contributed by atoms with E-state index < -0.39 is 5.60 Å². The number of benzene rings is 1. The van der Waals surface area contributed by atoms with E-state index in [0.29, 0.717) is 11.3 Å². The van der Waals surface area contributed by atoms with Crippen molar-refractivity contribution in [2.45, 2.75) is 12.0 Å². The third-order valence-electron chi connectivity index (χ3n) is 2.50. The molecule has 1 aromatic carbocycles. The molecule has 1 atom stereocenters. The molecule has 0 aromatic heterocycles. The van der Waals surface area contributed by atoms with E-state index in [1.165, 1.54) is 0 Å². The zero-order valence-electron chi connectivity index (χ0n) is 7.66. The van der Waals surface area contributed by atoms with E-state index in [1.54, 1.807) is 18.2 Å². The predicted molar refractivity (Wildman–Crippen MR) is 52.6 cm³/mol. The molecule has 14 heavy (non-hydrogen) atoms. The quantitative estimate of drug-likeness (QED) is 0.625. The molecule has 1 aliphatic heterocycles. The molecule has 4 heteroatoms. The Balaban J connectivity index is 2.48. The number of aliphatic hydroxyl groups is 1. The van der Waals surface area contributed by atoms with Crippen molar-refractivity contribution >= 4 is 11.6 Å². The van der Waals surface area contributed by atoms with Gasteiger partial charge in [-0.1, -0.05) is 18.2 Å². The van der Waals surface area contributed by atoms with Crippen LogP contribution < -0.4 is 11.1 Å². The third-order valence-corrected chi connectivity index (χ3v) is 2.50. The van der Waals surface area contributed by atoms with Gasteiger partial charge in [0.2, 0.25) is 0 Å². The molecule has 0 bridgehead atoms. The summed E-state index contributed by atoms with van der Waals surface area (Å²) in [6.07, 6.45) is 0.246. The molecule has 1 heterocycles. The number of para-hydroxylation sites is 1. The first-order valence-electron chi connectivity index (χ1n) is 4.52. The lowest BCUT2D eigenvalue weighted by Gasteiger charge is -2.19. The van der Waals surface area contributed by atoms with Crippen LogP contribution in [0.4, 0.5) is 5.69 Å². The van der Waals surface area contributed by atoms with E-state index in [-0.39, 0.29) is 18.9 Å². The summed E-state index contributed by atoms with van der Waals surface area (Å²) in [5.74, 6) is -0.385. The van der Waals surface area contributed by atoms with Crippen molar-refractivity contribution < 1.29 is 9.90 Å². The van der Waals surface area contributed by atoms with Gasteiger partial charge in [0.05, 0.1) is 0 Å². The van der Waals surface area contributed by atoms with E-state index in [2.05, 4.69) is 5.32 Å². The van der Waals surface area contributed by atoms with Crippen LogP contribution in [0.25, 0.3) is 0 Å². The van der Waals surface area contributed by atoms with Gasteiger partial charge in [0.1, 0.15) is 0 Å². The maximum Gasteiger partial charge on any atom is 0.261 e. The Hall–Kier alpha value is -1.39. The number of hydrogen-bond acceptors (Lipinski definition) is 3. The number of nitrogens with two attached hydrogens (primary N) is 1.